The van der Waals surface area contributed by atoms with Gasteiger partial charge in [-0.15, -0.1) is 0 Å². The molecule has 1 aliphatic heterocycles. The third-order valence-electron chi connectivity index (χ3n) is 4.22. The van der Waals surface area contributed by atoms with Crippen LogP contribution in [0.15, 0.2) is 12.2 Å². The van der Waals surface area contributed by atoms with Crippen LogP contribution in [0.1, 0.15) is 6.42 Å². The molecule has 88 valence electrons. The summed E-state index contributed by atoms with van der Waals surface area (Å²) >= 11 is 0. The van der Waals surface area contributed by atoms with Crippen LogP contribution in [0, 0.1) is 17.8 Å². The van der Waals surface area contributed by atoms with E-state index in [1.807, 2.05) is 6.08 Å². The van der Waals surface area contributed by atoms with Gasteiger partial charge in [-0.05, 0) is 6.42 Å². The molecule has 3 aliphatic carbocycles. The molecular formula is C12H16O4. The Kier molecular flexibility index (Phi) is 2.21. The van der Waals surface area contributed by atoms with Gasteiger partial charge in [-0.2, -0.15) is 0 Å². The summed E-state index contributed by atoms with van der Waals surface area (Å²) in [6.07, 6.45) is 5.05. The number of rotatable bonds is 2. The summed E-state index contributed by atoms with van der Waals surface area (Å²) in [6.45, 7) is 0.737. The summed E-state index contributed by atoms with van der Waals surface area (Å²) in [5.74, 6) is -0.917. The van der Waals surface area contributed by atoms with Crippen molar-refractivity contribution in [2.45, 2.75) is 18.3 Å². The monoisotopic (exact) mass is 224 g/mol. The Morgan fingerprint density at radius 2 is 2.12 bits per heavy atom. The maximum atomic E-state index is 12.3. The van der Waals surface area contributed by atoms with Crippen molar-refractivity contribution in [1.82, 2.24) is 0 Å². The molecule has 2 bridgehead atoms. The minimum Gasteiger partial charge on any atom is -0.377 e. The molecule has 0 amide bonds. The first-order valence-electron chi connectivity index (χ1n) is 5.69. The lowest BCUT2D eigenvalue weighted by molar-refractivity contribution is -0.250. The van der Waals surface area contributed by atoms with E-state index in [1.54, 1.807) is 14.2 Å². The number of hydrogen-bond acceptors (Lipinski definition) is 4. The van der Waals surface area contributed by atoms with Gasteiger partial charge in [-0.1, -0.05) is 12.2 Å². The first-order chi connectivity index (χ1) is 7.74. The molecule has 16 heavy (non-hydrogen) atoms. The molecule has 0 N–H and O–H groups in total. The maximum absolute atomic E-state index is 12.3. The predicted octanol–water partition coefficient (Wildman–Crippen LogP) is 0.765. The standard InChI is InChI=1S/C12H16O4/c1-14-12(15-2)9-4-3-8(11(12)13)10-7(9)5-6-16-10/h3-4,7-10H,5-6H2,1-2H3/t7-,8-,9-,10-/m1/s1. The topological polar surface area (TPSA) is 44.8 Å². The molecule has 0 aromatic rings. The van der Waals surface area contributed by atoms with Crippen molar-refractivity contribution in [2.75, 3.05) is 20.8 Å². The van der Waals surface area contributed by atoms with Gasteiger partial charge in [-0.25, -0.2) is 0 Å². The summed E-state index contributed by atoms with van der Waals surface area (Å²) in [6, 6.07) is 0. The molecule has 0 aromatic carbocycles. The van der Waals surface area contributed by atoms with Crippen molar-refractivity contribution in [3.63, 3.8) is 0 Å². The quantitative estimate of drug-likeness (QED) is 0.513. The van der Waals surface area contributed by atoms with Crippen molar-refractivity contribution in [3.05, 3.63) is 12.2 Å². The summed E-state index contributed by atoms with van der Waals surface area (Å²) in [5.41, 5.74) is 0. The molecule has 1 saturated heterocycles. The average Bonchev–Trinajstić information content (AvgIpc) is 2.80. The Bertz CT molecular complexity index is 345. The van der Waals surface area contributed by atoms with Gasteiger partial charge in [0.1, 0.15) is 0 Å². The van der Waals surface area contributed by atoms with E-state index in [4.69, 9.17) is 14.2 Å². The largest absolute Gasteiger partial charge is 0.377 e. The zero-order valence-electron chi connectivity index (χ0n) is 9.51. The van der Waals surface area contributed by atoms with Crippen LogP contribution < -0.4 is 0 Å². The number of methoxy groups -OCH3 is 2. The summed E-state index contributed by atoms with van der Waals surface area (Å²) in [7, 11) is 3.08. The Labute approximate surface area is 94.5 Å². The normalized spacial score (nSPS) is 43.8. The van der Waals surface area contributed by atoms with Gasteiger partial charge in [0.2, 0.25) is 11.6 Å². The van der Waals surface area contributed by atoms with Gasteiger partial charge in [0.15, 0.2) is 0 Å². The summed E-state index contributed by atoms with van der Waals surface area (Å²) in [5, 5.41) is 0. The first kappa shape index (κ1) is 10.4. The average molecular weight is 224 g/mol. The van der Waals surface area contributed by atoms with Crippen LogP contribution in [0.25, 0.3) is 0 Å². The maximum Gasteiger partial charge on any atom is 0.235 e. The molecule has 4 atom stereocenters. The van der Waals surface area contributed by atoms with Gasteiger partial charge in [0, 0.05) is 32.7 Å². The highest BCUT2D eigenvalue weighted by molar-refractivity contribution is 5.93. The van der Waals surface area contributed by atoms with Gasteiger partial charge in [-0.3, -0.25) is 4.79 Å². The molecule has 4 aliphatic rings. The lowest BCUT2D eigenvalue weighted by Gasteiger charge is -2.49. The molecule has 4 rings (SSSR count). The van der Waals surface area contributed by atoms with E-state index in [-0.39, 0.29) is 23.7 Å². The molecule has 4 heteroatoms. The molecule has 0 radical (unpaired) electrons. The van der Waals surface area contributed by atoms with Crippen molar-refractivity contribution in [3.8, 4) is 0 Å². The fraction of sp³-hybridized carbons (Fsp3) is 0.750. The molecule has 2 fully saturated rings. The second kappa shape index (κ2) is 3.39. The van der Waals surface area contributed by atoms with Gasteiger partial charge < -0.3 is 14.2 Å². The Morgan fingerprint density at radius 3 is 2.81 bits per heavy atom. The van der Waals surface area contributed by atoms with Crippen LogP contribution in [-0.4, -0.2) is 38.5 Å². The number of ether oxygens (including phenoxy) is 3. The SMILES string of the molecule is COC1(OC)C(=O)[C@@H]2C=C[C@@H]1[C@H]1CCO[C@H]12. The number of fused-ring (bicyclic) bond motifs is 1. The number of hydrogen-bond donors (Lipinski definition) is 0. The number of Topliss-reactive ketones (excluding diaryl/α,β-unsaturated/α-hetero) is 1. The van der Waals surface area contributed by atoms with Crippen molar-refractivity contribution < 1.29 is 19.0 Å². The number of carbonyl (C=O) groups is 1. The van der Waals surface area contributed by atoms with E-state index in [1.165, 1.54) is 0 Å². The van der Waals surface area contributed by atoms with E-state index < -0.39 is 5.79 Å². The van der Waals surface area contributed by atoms with Crippen LogP contribution >= 0.6 is 0 Å². The highest BCUT2D eigenvalue weighted by atomic mass is 16.7. The van der Waals surface area contributed by atoms with Crippen molar-refractivity contribution in [2.24, 2.45) is 17.8 Å². The fourth-order valence-electron chi connectivity index (χ4n) is 3.47. The first-order valence-corrected chi connectivity index (χ1v) is 5.69. The van der Waals surface area contributed by atoms with E-state index >= 15 is 0 Å². The van der Waals surface area contributed by atoms with E-state index in [0.717, 1.165) is 13.0 Å². The Balaban J connectivity index is 2.06. The molecule has 1 heterocycles. The molecular weight excluding hydrogens is 208 g/mol. The van der Waals surface area contributed by atoms with E-state index in [0.29, 0.717) is 5.92 Å². The van der Waals surface area contributed by atoms with Crippen LogP contribution in [-0.2, 0) is 19.0 Å². The molecule has 4 nitrogen and oxygen atoms in total. The minimum absolute atomic E-state index is 0.00694. The van der Waals surface area contributed by atoms with E-state index in [2.05, 4.69) is 6.08 Å². The fourth-order valence-corrected chi connectivity index (χ4v) is 3.47. The highest BCUT2D eigenvalue weighted by Gasteiger charge is 2.62. The van der Waals surface area contributed by atoms with Gasteiger partial charge >= 0.3 is 0 Å². The van der Waals surface area contributed by atoms with Crippen molar-refractivity contribution in [1.29, 1.82) is 0 Å². The molecule has 0 spiro atoms. The van der Waals surface area contributed by atoms with Gasteiger partial charge in [0.05, 0.1) is 12.0 Å². The van der Waals surface area contributed by atoms with Crippen LogP contribution in [0.5, 0.6) is 0 Å². The van der Waals surface area contributed by atoms with Crippen LogP contribution in [0.4, 0.5) is 0 Å². The third kappa shape index (κ3) is 1.02. The molecule has 0 aromatic heterocycles. The van der Waals surface area contributed by atoms with Crippen molar-refractivity contribution >= 4 is 5.78 Å². The summed E-state index contributed by atoms with van der Waals surface area (Å²) < 4.78 is 16.5. The third-order valence-corrected chi connectivity index (χ3v) is 4.22. The molecule has 0 unspecified atom stereocenters. The smallest absolute Gasteiger partial charge is 0.235 e. The number of carbonyl (C=O) groups excluding carboxylic acids is 1. The second-order valence-electron chi connectivity index (χ2n) is 4.66. The number of ketones is 1. The lowest BCUT2D eigenvalue weighted by Crippen LogP contribution is -2.63. The Morgan fingerprint density at radius 1 is 1.38 bits per heavy atom. The second-order valence-corrected chi connectivity index (χ2v) is 4.66. The highest BCUT2D eigenvalue weighted by Crippen LogP contribution is 2.51. The lowest BCUT2D eigenvalue weighted by atomic mass is 9.63. The Hall–Kier alpha value is -0.710. The van der Waals surface area contributed by atoms with E-state index in [9.17, 15) is 4.79 Å². The summed E-state index contributed by atoms with van der Waals surface area (Å²) in [4.78, 5) is 12.3. The minimum atomic E-state index is -1.08. The van der Waals surface area contributed by atoms with Crippen LogP contribution in [0.2, 0.25) is 0 Å². The molecule has 1 saturated carbocycles. The van der Waals surface area contributed by atoms with Crippen LogP contribution in [0.3, 0.4) is 0 Å². The predicted molar refractivity (Wildman–Crippen MR) is 55.7 cm³/mol. The zero-order chi connectivity index (χ0) is 11.3. The van der Waals surface area contributed by atoms with Gasteiger partial charge in [0.25, 0.3) is 0 Å². The zero-order valence-corrected chi connectivity index (χ0v) is 9.51.